The fraction of sp³-hybridized carbons (Fsp3) is 0.375. The van der Waals surface area contributed by atoms with Crippen LogP contribution in [0, 0.1) is 0 Å². The molecular formula is C16H19N3. The molecule has 1 saturated heterocycles. The molecule has 19 heavy (non-hydrogen) atoms. The Labute approximate surface area is 114 Å². The molecule has 4 rings (SSSR count). The van der Waals surface area contributed by atoms with E-state index in [-0.39, 0.29) is 5.54 Å². The van der Waals surface area contributed by atoms with E-state index < -0.39 is 0 Å². The van der Waals surface area contributed by atoms with Gasteiger partial charge in [0.25, 0.3) is 0 Å². The van der Waals surface area contributed by atoms with Crippen LogP contribution in [0.5, 0.6) is 0 Å². The number of rotatable bonds is 1. The summed E-state index contributed by atoms with van der Waals surface area (Å²) in [6, 6.07) is 13.2. The molecule has 1 fully saturated rings. The molecule has 2 aromatic rings. The summed E-state index contributed by atoms with van der Waals surface area (Å²) in [5.74, 6) is 1.30. The van der Waals surface area contributed by atoms with Crippen molar-refractivity contribution in [2.45, 2.75) is 25.6 Å². The molecule has 0 aliphatic carbocycles. The number of para-hydroxylation sites is 1. The van der Waals surface area contributed by atoms with Gasteiger partial charge in [-0.05, 0) is 32.0 Å². The highest BCUT2D eigenvalue weighted by Gasteiger charge is 2.54. The topological polar surface area (TPSA) is 11.4 Å². The van der Waals surface area contributed by atoms with E-state index in [9.17, 15) is 0 Å². The van der Waals surface area contributed by atoms with Crippen molar-refractivity contribution in [1.29, 1.82) is 0 Å². The van der Waals surface area contributed by atoms with Crippen molar-refractivity contribution in [1.82, 2.24) is 4.57 Å². The lowest BCUT2D eigenvalue weighted by Crippen LogP contribution is -2.47. The van der Waals surface area contributed by atoms with Crippen molar-refractivity contribution in [2.75, 3.05) is 16.3 Å². The zero-order chi connectivity index (χ0) is 13.2. The van der Waals surface area contributed by atoms with Crippen LogP contribution in [0.15, 0.2) is 42.6 Å². The summed E-state index contributed by atoms with van der Waals surface area (Å²) in [5.41, 5.74) is 2.94. The summed E-state index contributed by atoms with van der Waals surface area (Å²) in [6.45, 7) is 5.75. The molecule has 0 spiro atoms. The lowest BCUT2D eigenvalue weighted by atomic mass is 9.92. The number of benzene rings is 1. The molecule has 0 amide bonds. The Balaban J connectivity index is 1.92. The van der Waals surface area contributed by atoms with Gasteiger partial charge in [0.1, 0.15) is 12.0 Å². The molecule has 3 nitrogen and oxygen atoms in total. The van der Waals surface area contributed by atoms with E-state index in [1.807, 2.05) is 0 Å². The summed E-state index contributed by atoms with van der Waals surface area (Å²) >= 11 is 0. The van der Waals surface area contributed by atoms with Gasteiger partial charge in [0.15, 0.2) is 0 Å². The van der Waals surface area contributed by atoms with Crippen LogP contribution in [0.3, 0.4) is 0 Å². The minimum atomic E-state index is 0.0854. The molecule has 2 bridgehead atoms. The first-order chi connectivity index (χ1) is 9.13. The smallest absolute Gasteiger partial charge is 0.110 e. The van der Waals surface area contributed by atoms with E-state index in [4.69, 9.17) is 0 Å². The first-order valence-corrected chi connectivity index (χ1v) is 6.90. The van der Waals surface area contributed by atoms with Crippen LogP contribution >= 0.6 is 0 Å². The Morgan fingerprint density at radius 2 is 1.95 bits per heavy atom. The van der Waals surface area contributed by atoms with Gasteiger partial charge >= 0.3 is 0 Å². The summed E-state index contributed by atoms with van der Waals surface area (Å²) in [5, 5.41) is 0. The van der Waals surface area contributed by atoms with Gasteiger partial charge in [0.05, 0.1) is 5.54 Å². The van der Waals surface area contributed by atoms with E-state index in [0.29, 0.717) is 6.17 Å². The van der Waals surface area contributed by atoms with Crippen molar-refractivity contribution in [3.8, 4) is 0 Å². The van der Waals surface area contributed by atoms with Gasteiger partial charge in [0, 0.05) is 31.0 Å². The molecular weight excluding hydrogens is 234 g/mol. The Bertz CT molecular complexity index is 645. The Morgan fingerprint density at radius 3 is 2.68 bits per heavy atom. The van der Waals surface area contributed by atoms with Crippen LogP contribution < -0.4 is 9.80 Å². The Hall–Kier alpha value is -1.90. The van der Waals surface area contributed by atoms with Crippen molar-refractivity contribution in [2.24, 2.45) is 7.05 Å². The molecule has 1 unspecified atom stereocenters. The quantitative estimate of drug-likeness (QED) is 0.774. The largest absolute Gasteiger partial charge is 0.348 e. The summed E-state index contributed by atoms with van der Waals surface area (Å²) < 4.78 is 2.21. The predicted molar refractivity (Wildman–Crippen MR) is 78.5 cm³/mol. The van der Waals surface area contributed by atoms with Gasteiger partial charge in [-0.15, -0.1) is 0 Å². The molecule has 1 aromatic carbocycles. The summed E-state index contributed by atoms with van der Waals surface area (Å²) in [6.07, 6.45) is 2.53. The summed E-state index contributed by atoms with van der Waals surface area (Å²) in [7, 11) is 2.12. The molecule has 2 atom stereocenters. The van der Waals surface area contributed by atoms with Crippen LogP contribution in [-0.2, 0) is 12.6 Å². The highest BCUT2D eigenvalue weighted by atomic mass is 15.5. The van der Waals surface area contributed by atoms with Crippen molar-refractivity contribution in [3.05, 3.63) is 48.2 Å². The fourth-order valence-electron chi connectivity index (χ4n) is 3.92. The van der Waals surface area contributed by atoms with Crippen LogP contribution in [-0.4, -0.2) is 17.3 Å². The second kappa shape index (κ2) is 3.35. The van der Waals surface area contributed by atoms with E-state index in [1.165, 1.54) is 17.1 Å². The third-order valence-electron chi connectivity index (χ3n) is 4.79. The van der Waals surface area contributed by atoms with Crippen molar-refractivity contribution in [3.63, 3.8) is 0 Å². The third-order valence-corrected chi connectivity index (χ3v) is 4.79. The predicted octanol–water partition coefficient (Wildman–Crippen LogP) is 2.93. The SMILES string of the molecule is C[C@H]1N2CC(C)(c3ccccc32)N1c1cccn1C. The van der Waals surface area contributed by atoms with Crippen molar-refractivity contribution >= 4 is 11.5 Å². The van der Waals surface area contributed by atoms with Gasteiger partial charge in [-0.3, -0.25) is 0 Å². The van der Waals surface area contributed by atoms with E-state index in [1.54, 1.807) is 0 Å². The number of fused-ring (bicyclic) bond motifs is 5. The van der Waals surface area contributed by atoms with Crippen LogP contribution in [0.25, 0.3) is 0 Å². The lowest BCUT2D eigenvalue weighted by Gasteiger charge is -2.42. The molecule has 0 N–H and O–H groups in total. The second-order valence-electron chi connectivity index (χ2n) is 5.90. The molecule has 0 radical (unpaired) electrons. The molecule has 1 aromatic heterocycles. The Morgan fingerprint density at radius 1 is 1.16 bits per heavy atom. The Kier molecular flexibility index (Phi) is 1.93. The highest BCUT2D eigenvalue weighted by Crippen LogP contribution is 2.52. The summed E-state index contributed by atoms with van der Waals surface area (Å²) in [4.78, 5) is 5.07. The molecule has 3 heteroatoms. The number of aromatic nitrogens is 1. The van der Waals surface area contributed by atoms with Crippen LogP contribution in [0.1, 0.15) is 19.4 Å². The maximum atomic E-state index is 2.55. The zero-order valence-electron chi connectivity index (χ0n) is 11.7. The monoisotopic (exact) mass is 253 g/mol. The first kappa shape index (κ1) is 11.0. The minimum absolute atomic E-state index is 0.0854. The number of nitrogens with zero attached hydrogens (tertiary/aromatic N) is 3. The maximum absolute atomic E-state index is 2.55. The number of anilines is 2. The number of hydrogen-bond acceptors (Lipinski definition) is 2. The van der Waals surface area contributed by atoms with Gasteiger partial charge in [-0.25, -0.2) is 0 Å². The van der Waals surface area contributed by atoms with E-state index >= 15 is 0 Å². The third kappa shape index (κ3) is 1.18. The number of hydrogen-bond donors (Lipinski definition) is 0. The average molecular weight is 253 g/mol. The van der Waals surface area contributed by atoms with E-state index in [2.05, 4.69) is 77.9 Å². The molecule has 3 heterocycles. The van der Waals surface area contributed by atoms with Crippen molar-refractivity contribution < 1.29 is 0 Å². The zero-order valence-corrected chi connectivity index (χ0v) is 11.7. The first-order valence-electron chi connectivity index (χ1n) is 6.90. The van der Waals surface area contributed by atoms with Gasteiger partial charge in [0.2, 0.25) is 0 Å². The van der Waals surface area contributed by atoms with Gasteiger partial charge in [-0.1, -0.05) is 18.2 Å². The molecule has 0 saturated carbocycles. The second-order valence-corrected chi connectivity index (χ2v) is 5.90. The minimum Gasteiger partial charge on any atom is -0.348 e. The van der Waals surface area contributed by atoms with Crippen LogP contribution in [0.4, 0.5) is 11.5 Å². The highest BCUT2D eigenvalue weighted by molar-refractivity contribution is 5.72. The maximum Gasteiger partial charge on any atom is 0.110 e. The standard InChI is InChI=1S/C16H19N3/c1-12-18-11-16(2,13-7-4-5-8-14(13)18)19(12)15-9-6-10-17(15)3/h4-10,12H,11H2,1-3H3/t12-,16?/m0/s1. The normalized spacial score (nSPS) is 28.1. The van der Waals surface area contributed by atoms with Gasteiger partial charge in [-0.2, -0.15) is 0 Å². The molecule has 98 valence electrons. The van der Waals surface area contributed by atoms with Crippen LogP contribution in [0.2, 0.25) is 0 Å². The fourth-order valence-corrected chi connectivity index (χ4v) is 3.92. The lowest BCUT2D eigenvalue weighted by molar-refractivity contribution is 0.500. The number of aryl methyl sites for hydroxylation is 1. The molecule has 2 aliphatic rings. The molecule has 2 aliphatic heterocycles. The van der Waals surface area contributed by atoms with Gasteiger partial charge < -0.3 is 14.4 Å². The van der Waals surface area contributed by atoms with E-state index in [0.717, 1.165) is 6.54 Å². The average Bonchev–Trinajstić information content (AvgIpc) is 3.01.